The van der Waals surface area contributed by atoms with Crippen LogP contribution in [0.4, 0.5) is 8.78 Å². The molecular formula is C18H15F2N3O2. The van der Waals surface area contributed by atoms with Crippen LogP contribution in [-0.2, 0) is 0 Å². The molecule has 7 heteroatoms. The van der Waals surface area contributed by atoms with Gasteiger partial charge in [0.2, 0.25) is 0 Å². The van der Waals surface area contributed by atoms with Crippen LogP contribution in [0, 0.1) is 11.6 Å². The minimum absolute atomic E-state index is 0.0709. The number of halogens is 2. The lowest BCUT2D eigenvalue weighted by molar-refractivity contribution is 0.0713. The number of hydrogen-bond donors (Lipinski definition) is 1. The number of imidazole rings is 1. The number of amides is 1. The first-order chi connectivity index (χ1) is 12.0. The Bertz CT molecular complexity index is 956. The zero-order valence-electron chi connectivity index (χ0n) is 13.1. The smallest absolute Gasteiger partial charge is 0.255 e. The fraction of sp³-hybridized carbons (Fsp3) is 0.222. The number of aliphatic hydroxyl groups excluding tert-OH is 1. The molecule has 2 unspecified atom stereocenters. The molecule has 1 aromatic carbocycles. The molecule has 0 saturated carbocycles. The van der Waals surface area contributed by atoms with Gasteiger partial charge in [-0.2, -0.15) is 0 Å². The molecule has 0 radical (unpaired) electrons. The molecule has 0 aliphatic carbocycles. The number of pyridine rings is 1. The van der Waals surface area contributed by atoms with Crippen LogP contribution in [0.5, 0.6) is 0 Å². The molecule has 5 nitrogen and oxygen atoms in total. The van der Waals surface area contributed by atoms with Crippen LogP contribution < -0.4 is 0 Å². The number of aliphatic hydroxyl groups is 1. The quantitative estimate of drug-likeness (QED) is 0.778. The zero-order chi connectivity index (χ0) is 17.6. The molecule has 2 aromatic heterocycles. The second-order valence-electron chi connectivity index (χ2n) is 6.17. The molecule has 1 aliphatic heterocycles. The average Bonchev–Trinajstić information content (AvgIpc) is 3.22. The highest BCUT2D eigenvalue weighted by molar-refractivity contribution is 5.94. The van der Waals surface area contributed by atoms with E-state index in [1.165, 1.54) is 4.90 Å². The Morgan fingerprint density at radius 3 is 2.92 bits per heavy atom. The number of carbonyl (C=O) groups excluding carboxylic acids is 1. The summed E-state index contributed by atoms with van der Waals surface area (Å²) in [5, 5.41) is 10.0. The molecular weight excluding hydrogens is 328 g/mol. The molecule has 4 rings (SSSR count). The predicted molar refractivity (Wildman–Crippen MR) is 86.0 cm³/mol. The highest BCUT2D eigenvalue weighted by Gasteiger charge is 2.37. The van der Waals surface area contributed by atoms with E-state index in [-0.39, 0.29) is 24.4 Å². The normalized spacial score (nSPS) is 20.4. The third-order valence-electron chi connectivity index (χ3n) is 4.51. The van der Waals surface area contributed by atoms with E-state index >= 15 is 0 Å². The number of benzene rings is 1. The third kappa shape index (κ3) is 2.76. The lowest BCUT2D eigenvalue weighted by atomic mass is 10.0. The van der Waals surface area contributed by atoms with Gasteiger partial charge in [-0.15, -0.1) is 0 Å². The van der Waals surface area contributed by atoms with Crippen molar-refractivity contribution in [2.45, 2.75) is 18.6 Å². The lowest BCUT2D eigenvalue weighted by Crippen LogP contribution is -2.32. The minimum Gasteiger partial charge on any atom is -0.391 e. The number of rotatable bonds is 2. The molecule has 3 aromatic rings. The van der Waals surface area contributed by atoms with E-state index in [2.05, 4.69) is 4.98 Å². The van der Waals surface area contributed by atoms with Crippen molar-refractivity contribution in [1.82, 2.24) is 14.3 Å². The van der Waals surface area contributed by atoms with Gasteiger partial charge in [0.15, 0.2) is 0 Å². The van der Waals surface area contributed by atoms with Crippen LogP contribution >= 0.6 is 0 Å². The summed E-state index contributed by atoms with van der Waals surface area (Å²) in [5.41, 5.74) is 1.31. The van der Waals surface area contributed by atoms with Crippen LogP contribution in [0.3, 0.4) is 0 Å². The first-order valence-corrected chi connectivity index (χ1v) is 7.88. The first kappa shape index (κ1) is 15.7. The van der Waals surface area contributed by atoms with Crippen molar-refractivity contribution in [3.63, 3.8) is 0 Å². The Balaban J connectivity index is 1.71. The van der Waals surface area contributed by atoms with Crippen molar-refractivity contribution in [3.05, 3.63) is 71.8 Å². The van der Waals surface area contributed by atoms with Crippen molar-refractivity contribution >= 4 is 11.4 Å². The number of aromatic nitrogens is 2. The largest absolute Gasteiger partial charge is 0.391 e. The van der Waals surface area contributed by atoms with Gasteiger partial charge in [-0.05, 0) is 36.8 Å². The van der Waals surface area contributed by atoms with Gasteiger partial charge in [-0.25, -0.2) is 13.8 Å². The molecule has 1 fully saturated rings. The number of fused-ring (bicyclic) bond motifs is 1. The van der Waals surface area contributed by atoms with Gasteiger partial charge in [0.05, 0.1) is 35.8 Å². The Hall–Kier alpha value is -2.80. The summed E-state index contributed by atoms with van der Waals surface area (Å²) in [7, 11) is 0. The van der Waals surface area contributed by atoms with Crippen LogP contribution in [0.25, 0.3) is 5.52 Å². The maximum atomic E-state index is 14.2. The average molecular weight is 343 g/mol. The minimum atomic E-state index is -0.784. The molecule has 1 N–H and O–H groups in total. The van der Waals surface area contributed by atoms with E-state index in [1.54, 1.807) is 35.3 Å². The van der Waals surface area contributed by atoms with Crippen LogP contribution in [-0.4, -0.2) is 37.9 Å². The van der Waals surface area contributed by atoms with Gasteiger partial charge in [0.25, 0.3) is 5.91 Å². The Kier molecular flexibility index (Phi) is 3.73. The fourth-order valence-electron chi connectivity index (χ4n) is 3.32. The maximum absolute atomic E-state index is 14.2. The summed E-state index contributed by atoms with van der Waals surface area (Å²) >= 11 is 0. The second kappa shape index (κ2) is 5.93. The number of β-amino-alcohol motifs (C(OH)–C–C–N with tert-alkyl or cyclic N) is 1. The SMILES string of the molecule is O=C(c1ccc2cncn2c1)N1CC(O)CC1c1cc(F)ccc1F. The molecule has 128 valence electrons. The summed E-state index contributed by atoms with van der Waals surface area (Å²) in [4.78, 5) is 18.3. The van der Waals surface area contributed by atoms with E-state index in [0.29, 0.717) is 5.56 Å². The van der Waals surface area contributed by atoms with Gasteiger partial charge in [-0.3, -0.25) is 4.79 Å². The lowest BCUT2D eigenvalue weighted by Gasteiger charge is -2.25. The number of carbonyl (C=O) groups is 1. The summed E-state index contributed by atoms with van der Waals surface area (Å²) in [6.45, 7) is 0.0709. The van der Waals surface area contributed by atoms with Crippen molar-refractivity contribution in [1.29, 1.82) is 0 Å². The van der Waals surface area contributed by atoms with Crippen LogP contribution in [0.15, 0.2) is 49.1 Å². The molecule has 0 bridgehead atoms. The Morgan fingerprint density at radius 1 is 1.24 bits per heavy atom. The Labute approximate surface area is 142 Å². The van der Waals surface area contributed by atoms with Gasteiger partial charge < -0.3 is 14.4 Å². The van der Waals surface area contributed by atoms with E-state index in [1.807, 2.05) is 0 Å². The number of nitrogens with zero attached hydrogens (tertiary/aromatic N) is 3. The monoisotopic (exact) mass is 343 g/mol. The molecule has 1 saturated heterocycles. The molecule has 3 heterocycles. The van der Waals surface area contributed by atoms with Crippen molar-refractivity contribution in [3.8, 4) is 0 Å². The predicted octanol–water partition coefficient (Wildman–Crippen LogP) is 2.56. The van der Waals surface area contributed by atoms with E-state index in [0.717, 1.165) is 23.7 Å². The van der Waals surface area contributed by atoms with Crippen molar-refractivity contribution in [2.24, 2.45) is 0 Å². The number of hydrogen-bond acceptors (Lipinski definition) is 3. The summed E-state index contributed by atoms with van der Waals surface area (Å²) < 4.78 is 29.4. The van der Waals surface area contributed by atoms with Crippen molar-refractivity contribution < 1.29 is 18.7 Å². The summed E-state index contributed by atoms with van der Waals surface area (Å²) in [5.74, 6) is -1.52. The molecule has 25 heavy (non-hydrogen) atoms. The molecule has 1 aliphatic rings. The van der Waals surface area contributed by atoms with E-state index in [9.17, 15) is 18.7 Å². The molecule has 2 atom stereocenters. The van der Waals surface area contributed by atoms with Crippen LogP contribution in [0.1, 0.15) is 28.4 Å². The zero-order valence-corrected chi connectivity index (χ0v) is 13.1. The maximum Gasteiger partial charge on any atom is 0.255 e. The van der Waals surface area contributed by atoms with Gasteiger partial charge in [0, 0.05) is 18.3 Å². The van der Waals surface area contributed by atoms with E-state index < -0.39 is 23.8 Å². The van der Waals surface area contributed by atoms with E-state index in [4.69, 9.17) is 0 Å². The van der Waals surface area contributed by atoms with Crippen LogP contribution in [0.2, 0.25) is 0 Å². The topological polar surface area (TPSA) is 57.8 Å². The van der Waals surface area contributed by atoms with Gasteiger partial charge in [0.1, 0.15) is 11.6 Å². The standard InChI is InChI=1S/C18H15F2N3O2/c19-12-2-4-16(20)15(5-12)17-6-14(24)9-23(17)18(25)11-1-3-13-7-21-10-22(13)8-11/h1-5,7-8,10,14,17,24H,6,9H2. The first-order valence-electron chi connectivity index (χ1n) is 7.88. The summed E-state index contributed by atoms with van der Waals surface area (Å²) in [6.07, 6.45) is 4.26. The second-order valence-corrected chi connectivity index (χ2v) is 6.17. The summed E-state index contributed by atoms with van der Waals surface area (Å²) in [6, 6.07) is 5.85. The van der Waals surface area contributed by atoms with Gasteiger partial charge in [-0.1, -0.05) is 0 Å². The molecule has 0 spiro atoms. The molecule has 1 amide bonds. The van der Waals surface area contributed by atoms with Crippen molar-refractivity contribution in [2.75, 3.05) is 6.54 Å². The fourth-order valence-corrected chi connectivity index (χ4v) is 3.32. The Morgan fingerprint density at radius 2 is 2.08 bits per heavy atom. The highest BCUT2D eigenvalue weighted by atomic mass is 19.1. The third-order valence-corrected chi connectivity index (χ3v) is 4.51. The highest BCUT2D eigenvalue weighted by Crippen LogP contribution is 2.35. The number of likely N-dealkylation sites (tertiary alicyclic amines) is 1. The van der Waals surface area contributed by atoms with Gasteiger partial charge >= 0.3 is 0 Å².